The molecule has 1 aromatic rings. The zero-order chi connectivity index (χ0) is 25.2. The Labute approximate surface area is 215 Å². The van der Waals surface area contributed by atoms with Crippen LogP contribution < -0.4 is 0 Å². The van der Waals surface area contributed by atoms with Gasteiger partial charge in [-0.15, -0.1) is 0 Å². The van der Waals surface area contributed by atoms with Crippen LogP contribution in [0.15, 0.2) is 24.3 Å². The van der Waals surface area contributed by atoms with Crippen molar-refractivity contribution in [3.63, 3.8) is 0 Å². The number of benzene rings is 1. The minimum absolute atomic E-state index is 0.116. The van der Waals surface area contributed by atoms with Gasteiger partial charge in [0.05, 0.1) is 19.3 Å². The Kier molecular flexibility index (Phi) is 17.2. The highest BCUT2D eigenvalue weighted by atomic mass is 28.3. The Morgan fingerprint density at radius 3 is 1.74 bits per heavy atom. The van der Waals surface area contributed by atoms with Crippen LogP contribution in [0.25, 0.3) is 0 Å². The molecule has 198 valence electrons. The molecule has 0 N–H and O–H groups in total. The van der Waals surface area contributed by atoms with E-state index in [0.29, 0.717) is 19.1 Å². The second-order valence-corrected chi connectivity index (χ2v) is 14.2. The van der Waals surface area contributed by atoms with E-state index in [1.54, 1.807) is 0 Å². The van der Waals surface area contributed by atoms with Gasteiger partial charge in [-0.1, -0.05) is 136 Å². The number of ether oxygens (including phenoxy) is 1. The maximum Gasteiger partial charge on any atom is 0.171 e. The molecular formula is C31H58O2Si. The lowest BCUT2D eigenvalue weighted by Gasteiger charge is -2.32. The summed E-state index contributed by atoms with van der Waals surface area (Å²) >= 11 is 0. The Morgan fingerprint density at radius 1 is 0.765 bits per heavy atom. The standard InChI is InChI=1S/C31H58O2Si/c1-8-9-10-11-12-13-14-15-16-17-18-19-20-27(2)29-23-21-28(22-24-29)25-32-26-30(31(3,4)5)33-34(6)7/h21-24,27,30,34H,8-20,25-26H2,1-7H3. The van der Waals surface area contributed by atoms with Gasteiger partial charge in [0, 0.05) is 0 Å². The molecule has 0 aliphatic heterocycles. The largest absolute Gasteiger partial charge is 0.415 e. The number of unbranched alkanes of at least 4 members (excludes halogenated alkanes) is 11. The minimum Gasteiger partial charge on any atom is -0.415 e. The molecule has 0 saturated carbocycles. The number of hydrogen-bond acceptors (Lipinski definition) is 2. The van der Waals surface area contributed by atoms with Gasteiger partial charge in [-0.05, 0) is 42.0 Å². The van der Waals surface area contributed by atoms with Crippen LogP contribution in [-0.4, -0.2) is 21.8 Å². The highest BCUT2D eigenvalue weighted by Gasteiger charge is 2.26. The van der Waals surface area contributed by atoms with Crippen molar-refractivity contribution in [2.45, 2.75) is 150 Å². The van der Waals surface area contributed by atoms with Gasteiger partial charge in [0.1, 0.15) is 0 Å². The Hall–Kier alpha value is -0.643. The molecule has 0 bridgehead atoms. The van der Waals surface area contributed by atoms with Crippen molar-refractivity contribution >= 4 is 9.04 Å². The molecule has 2 nitrogen and oxygen atoms in total. The van der Waals surface area contributed by atoms with E-state index in [2.05, 4.69) is 72.0 Å². The summed E-state index contributed by atoms with van der Waals surface area (Å²) in [5.74, 6) is 0.646. The zero-order valence-electron chi connectivity index (χ0n) is 24.0. The van der Waals surface area contributed by atoms with E-state index in [1.165, 1.54) is 94.6 Å². The van der Waals surface area contributed by atoms with Crippen LogP contribution in [0.1, 0.15) is 135 Å². The van der Waals surface area contributed by atoms with Crippen LogP contribution in [-0.2, 0) is 15.8 Å². The summed E-state index contributed by atoms with van der Waals surface area (Å²) in [6.07, 6.45) is 18.5. The molecule has 0 saturated heterocycles. The molecule has 34 heavy (non-hydrogen) atoms. The monoisotopic (exact) mass is 490 g/mol. The first kappa shape index (κ1) is 31.4. The lowest BCUT2D eigenvalue weighted by Crippen LogP contribution is -2.37. The predicted molar refractivity (Wildman–Crippen MR) is 153 cm³/mol. The third kappa shape index (κ3) is 15.4. The van der Waals surface area contributed by atoms with Crippen molar-refractivity contribution in [3.05, 3.63) is 35.4 Å². The number of hydrogen-bond donors (Lipinski definition) is 0. The van der Waals surface area contributed by atoms with Crippen molar-refractivity contribution in [2.24, 2.45) is 5.41 Å². The summed E-state index contributed by atoms with van der Waals surface area (Å²) in [5, 5.41) is 0. The lowest BCUT2D eigenvalue weighted by molar-refractivity contribution is -0.0119. The smallest absolute Gasteiger partial charge is 0.171 e. The van der Waals surface area contributed by atoms with Gasteiger partial charge in [0.25, 0.3) is 0 Å². The van der Waals surface area contributed by atoms with Crippen molar-refractivity contribution in [2.75, 3.05) is 6.61 Å². The summed E-state index contributed by atoms with van der Waals surface area (Å²) in [7, 11) is -1.07. The van der Waals surface area contributed by atoms with E-state index in [4.69, 9.17) is 9.16 Å². The first-order chi connectivity index (χ1) is 16.2. The van der Waals surface area contributed by atoms with E-state index < -0.39 is 9.04 Å². The van der Waals surface area contributed by atoms with Crippen LogP contribution in [0.5, 0.6) is 0 Å². The normalized spacial score (nSPS) is 14.0. The fraction of sp³-hybridized carbons (Fsp3) is 0.806. The molecular weight excluding hydrogens is 432 g/mol. The average molecular weight is 491 g/mol. The summed E-state index contributed by atoms with van der Waals surface area (Å²) in [6.45, 7) is 17.2. The van der Waals surface area contributed by atoms with Gasteiger partial charge in [-0.25, -0.2) is 0 Å². The van der Waals surface area contributed by atoms with Gasteiger partial charge in [-0.3, -0.25) is 0 Å². The topological polar surface area (TPSA) is 18.5 Å². The van der Waals surface area contributed by atoms with Gasteiger partial charge in [-0.2, -0.15) is 0 Å². The summed E-state index contributed by atoms with van der Waals surface area (Å²) in [5.41, 5.74) is 2.84. The molecule has 0 heterocycles. The van der Waals surface area contributed by atoms with E-state index in [-0.39, 0.29) is 11.5 Å². The molecule has 0 aromatic heterocycles. The van der Waals surface area contributed by atoms with Gasteiger partial charge >= 0.3 is 0 Å². The van der Waals surface area contributed by atoms with E-state index in [1.807, 2.05) is 0 Å². The van der Waals surface area contributed by atoms with Gasteiger partial charge in [0.2, 0.25) is 0 Å². The fourth-order valence-corrected chi connectivity index (χ4v) is 5.65. The number of rotatable bonds is 20. The van der Waals surface area contributed by atoms with Crippen molar-refractivity contribution in [1.82, 2.24) is 0 Å². The SMILES string of the molecule is CCCCCCCCCCCCCCC(C)c1ccc(COCC(O[SiH](C)C)C(C)(C)C)cc1. The molecule has 0 aliphatic carbocycles. The van der Waals surface area contributed by atoms with Gasteiger partial charge < -0.3 is 9.16 Å². The molecule has 1 aromatic carbocycles. The average Bonchev–Trinajstić information content (AvgIpc) is 2.78. The molecule has 0 aliphatic rings. The third-order valence-electron chi connectivity index (χ3n) is 6.98. The molecule has 2 unspecified atom stereocenters. The first-order valence-electron chi connectivity index (χ1n) is 14.6. The molecule has 0 fully saturated rings. The maximum absolute atomic E-state index is 6.21. The zero-order valence-corrected chi connectivity index (χ0v) is 25.1. The van der Waals surface area contributed by atoms with Crippen molar-refractivity contribution in [1.29, 1.82) is 0 Å². The Bertz CT molecular complexity index is 590. The second-order valence-electron chi connectivity index (χ2n) is 11.9. The maximum atomic E-state index is 6.21. The van der Waals surface area contributed by atoms with Crippen LogP contribution in [0.3, 0.4) is 0 Å². The fourth-order valence-electron chi connectivity index (χ4n) is 4.51. The van der Waals surface area contributed by atoms with Crippen LogP contribution in [0.2, 0.25) is 13.1 Å². The summed E-state index contributed by atoms with van der Waals surface area (Å²) in [6, 6.07) is 9.11. The lowest BCUT2D eigenvalue weighted by atomic mass is 9.90. The van der Waals surface area contributed by atoms with E-state index >= 15 is 0 Å². The third-order valence-corrected chi connectivity index (χ3v) is 7.85. The highest BCUT2D eigenvalue weighted by molar-refractivity contribution is 6.48. The van der Waals surface area contributed by atoms with Crippen molar-refractivity contribution < 1.29 is 9.16 Å². The quantitative estimate of drug-likeness (QED) is 0.134. The second kappa shape index (κ2) is 18.6. The molecule has 3 heteroatoms. The molecule has 2 atom stereocenters. The van der Waals surface area contributed by atoms with E-state index in [9.17, 15) is 0 Å². The van der Waals surface area contributed by atoms with Crippen LogP contribution in [0.4, 0.5) is 0 Å². The molecule has 0 amide bonds. The molecule has 0 radical (unpaired) electrons. The first-order valence-corrected chi connectivity index (χ1v) is 17.3. The van der Waals surface area contributed by atoms with Crippen LogP contribution >= 0.6 is 0 Å². The predicted octanol–water partition coefficient (Wildman–Crippen LogP) is 9.81. The van der Waals surface area contributed by atoms with Crippen LogP contribution in [0, 0.1) is 5.41 Å². The molecule has 0 spiro atoms. The minimum atomic E-state index is -1.07. The summed E-state index contributed by atoms with van der Waals surface area (Å²) < 4.78 is 12.3. The molecule has 1 rings (SSSR count). The van der Waals surface area contributed by atoms with Crippen molar-refractivity contribution in [3.8, 4) is 0 Å². The Balaban J connectivity index is 2.16. The highest BCUT2D eigenvalue weighted by Crippen LogP contribution is 2.25. The van der Waals surface area contributed by atoms with E-state index in [0.717, 1.165) is 0 Å². The van der Waals surface area contributed by atoms with Gasteiger partial charge in [0.15, 0.2) is 9.04 Å². The Morgan fingerprint density at radius 2 is 1.26 bits per heavy atom. The summed E-state index contributed by atoms with van der Waals surface area (Å²) in [4.78, 5) is 0.